The third-order valence-corrected chi connectivity index (χ3v) is 16.6. The van der Waals surface area contributed by atoms with Gasteiger partial charge in [-0.25, -0.2) is 9.59 Å². The first-order chi connectivity index (χ1) is 29.0. The highest BCUT2D eigenvalue weighted by molar-refractivity contribution is 6.01. The largest absolute Gasteiger partial charge is 0.368 e. The number of primary amides is 1. The van der Waals surface area contributed by atoms with E-state index >= 15 is 0 Å². The van der Waals surface area contributed by atoms with Gasteiger partial charge in [-0.15, -0.1) is 0 Å². The molecule has 60 heavy (non-hydrogen) atoms. The van der Waals surface area contributed by atoms with Crippen LogP contribution in [0.4, 0.5) is 9.59 Å². The molecule has 0 aromatic carbocycles. The third-order valence-electron chi connectivity index (χ3n) is 16.6. The van der Waals surface area contributed by atoms with Gasteiger partial charge in [0, 0.05) is 77.9 Å². The summed E-state index contributed by atoms with van der Waals surface area (Å²) in [6.07, 6.45) is 14.0. The Labute approximate surface area is 356 Å². The van der Waals surface area contributed by atoms with Crippen molar-refractivity contribution in [3.05, 3.63) is 0 Å². The maximum atomic E-state index is 13.4. The monoisotopic (exact) mass is 837 g/mol. The molecular formula is C43H72N12O5. The molecule has 0 aromatic rings. The number of rotatable bonds is 10. The SMILES string of the molecule is CN1CCN([C@@H]2CCCN(C3CNC(C(N)=O)C(NC4CCC(C5CCN(C[C@@H]6CCN(C7CCC8C(C7)N(C)C(=O)N8[C@@H]7CCC(=O)NC7=O)C6)CC5)CC4)N3)C2)C1=O. The lowest BCUT2D eigenvalue weighted by Gasteiger charge is -2.47. The Morgan fingerprint density at radius 2 is 1.55 bits per heavy atom. The summed E-state index contributed by atoms with van der Waals surface area (Å²) in [5, 5.41) is 13.5. The molecule has 7 saturated heterocycles. The van der Waals surface area contributed by atoms with Crippen molar-refractivity contribution in [1.29, 1.82) is 0 Å². The van der Waals surface area contributed by atoms with Gasteiger partial charge in [0.25, 0.3) is 0 Å². The molecule has 334 valence electrons. The number of likely N-dealkylation sites (N-methyl/N-ethyl adjacent to an activating group) is 2. The first kappa shape index (κ1) is 42.2. The summed E-state index contributed by atoms with van der Waals surface area (Å²) in [6.45, 7) is 9.86. The van der Waals surface area contributed by atoms with E-state index in [1.54, 1.807) is 4.90 Å². The summed E-state index contributed by atoms with van der Waals surface area (Å²) in [5.41, 5.74) is 5.92. The van der Waals surface area contributed by atoms with Crippen LogP contribution in [0.25, 0.3) is 0 Å². The van der Waals surface area contributed by atoms with Crippen molar-refractivity contribution in [3.63, 3.8) is 0 Å². The average molecular weight is 837 g/mol. The van der Waals surface area contributed by atoms with Gasteiger partial charge in [-0.1, -0.05) is 0 Å². The highest BCUT2D eigenvalue weighted by Crippen LogP contribution is 2.40. The number of nitrogens with one attached hydrogen (secondary N) is 4. The molecular weight excluding hydrogens is 765 g/mol. The molecule has 2 saturated carbocycles. The first-order valence-electron chi connectivity index (χ1n) is 23.7. The Balaban J connectivity index is 0.695. The molecule has 17 heteroatoms. The number of hydrogen-bond acceptors (Lipinski definition) is 11. The van der Waals surface area contributed by atoms with Crippen LogP contribution in [0.3, 0.4) is 0 Å². The summed E-state index contributed by atoms with van der Waals surface area (Å²) >= 11 is 0. The van der Waals surface area contributed by atoms with Gasteiger partial charge in [-0.3, -0.25) is 40.1 Å². The summed E-state index contributed by atoms with van der Waals surface area (Å²) < 4.78 is 0. The Kier molecular flexibility index (Phi) is 12.6. The van der Waals surface area contributed by atoms with E-state index in [0.717, 1.165) is 96.1 Å². The number of piperazine rings is 1. The predicted octanol–water partition coefficient (Wildman–Crippen LogP) is 0.162. The van der Waals surface area contributed by atoms with Crippen LogP contribution in [-0.2, 0) is 14.4 Å². The summed E-state index contributed by atoms with van der Waals surface area (Å²) in [5.74, 6) is 1.35. The minimum Gasteiger partial charge on any atom is -0.368 e. The zero-order chi connectivity index (χ0) is 41.7. The minimum absolute atomic E-state index is 0.0398. The summed E-state index contributed by atoms with van der Waals surface area (Å²) in [4.78, 5) is 78.6. The Bertz CT molecular complexity index is 1600. The van der Waals surface area contributed by atoms with E-state index in [0.29, 0.717) is 37.4 Å². The molecule has 7 heterocycles. The smallest absolute Gasteiger partial charge is 0.321 e. The van der Waals surface area contributed by atoms with Gasteiger partial charge in [0.1, 0.15) is 12.1 Å². The lowest BCUT2D eigenvalue weighted by atomic mass is 9.74. The molecule has 7 amide bonds. The van der Waals surface area contributed by atoms with E-state index in [4.69, 9.17) is 5.73 Å². The number of hydrogen-bond donors (Lipinski definition) is 5. The van der Waals surface area contributed by atoms with E-state index in [9.17, 15) is 24.0 Å². The van der Waals surface area contributed by atoms with Crippen LogP contribution in [0, 0.1) is 17.8 Å². The molecule has 9 rings (SSSR count). The number of imide groups is 1. The highest BCUT2D eigenvalue weighted by Gasteiger charge is 2.52. The number of fused-ring (bicyclic) bond motifs is 1. The zero-order valence-corrected chi connectivity index (χ0v) is 36.1. The number of nitrogens with zero attached hydrogens (tertiary/aromatic N) is 7. The van der Waals surface area contributed by atoms with Crippen molar-refractivity contribution in [2.45, 2.75) is 145 Å². The van der Waals surface area contributed by atoms with Crippen LogP contribution >= 0.6 is 0 Å². The van der Waals surface area contributed by atoms with Crippen LogP contribution in [0.5, 0.6) is 0 Å². The molecule has 0 aromatic heterocycles. The van der Waals surface area contributed by atoms with Gasteiger partial charge >= 0.3 is 12.1 Å². The lowest BCUT2D eigenvalue weighted by Crippen LogP contribution is -2.74. The molecule has 9 atom stereocenters. The topological polar surface area (TPSA) is 182 Å². The molecule has 0 spiro atoms. The van der Waals surface area contributed by atoms with Gasteiger partial charge in [-0.2, -0.15) is 0 Å². The Morgan fingerprint density at radius 3 is 2.28 bits per heavy atom. The van der Waals surface area contributed by atoms with E-state index < -0.39 is 12.1 Å². The standard InChI is InChI=1S/C43H72N12O5/c1-49-20-21-54(42(49)59)32-4-3-16-53(26-32)36-23-45-38(39(44)57)40(47-36)46-30-7-5-28(6-8-30)29-14-17-51(18-15-29)24-27-13-19-52(25-27)31-9-10-33-35(22-31)50(2)43(60)55(33)34-11-12-37(56)48-41(34)58/h27-36,38,40,45-47H,3-26H2,1-2H3,(H2,44,57)(H,48,56,58)/t27-,28?,30?,31?,32+,33?,34+,35?,36?,38?,40?/m0/s1. The van der Waals surface area contributed by atoms with Gasteiger partial charge in [0.15, 0.2) is 0 Å². The van der Waals surface area contributed by atoms with Crippen LogP contribution < -0.4 is 27.0 Å². The molecule has 0 bridgehead atoms. The van der Waals surface area contributed by atoms with Crippen LogP contribution in [0.2, 0.25) is 0 Å². The number of likely N-dealkylation sites (tertiary alicyclic amines) is 3. The molecule has 9 fully saturated rings. The van der Waals surface area contributed by atoms with Crippen molar-refractivity contribution in [1.82, 2.24) is 55.6 Å². The Morgan fingerprint density at radius 1 is 0.767 bits per heavy atom. The number of urea groups is 2. The summed E-state index contributed by atoms with van der Waals surface area (Å²) in [6, 6.07) is 0.268. The lowest BCUT2D eigenvalue weighted by molar-refractivity contribution is -0.137. The fourth-order valence-electron chi connectivity index (χ4n) is 13.2. The maximum Gasteiger partial charge on any atom is 0.321 e. The van der Waals surface area contributed by atoms with E-state index in [-0.39, 0.29) is 60.2 Å². The van der Waals surface area contributed by atoms with Crippen LogP contribution in [0.15, 0.2) is 0 Å². The van der Waals surface area contributed by atoms with E-state index in [1.807, 2.05) is 28.8 Å². The number of amides is 7. The molecule has 9 aliphatic rings. The number of nitrogens with two attached hydrogens (primary N) is 1. The normalized spacial score (nSPS) is 39.5. The van der Waals surface area contributed by atoms with Gasteiger partial charge < -0.3 is 35.6 Å². The molecule has 7 aliphatic heterocycles. The number of carbonyl (C=O) groups is 5. The predicted molar refractivity (Wildman–Crippen MR) is 225 cm³/mol. The van der Waals surface area contributed by atoms with Gasteiger partial charge in [0.05, 0.1) is 24.4 Å². The van der Waals surface area contributed by atoms with Crippen molar-refractivity contribution < 1.29 is 24.0 Å². The second kappa shape index (κ2) is 17.9. The molecule has 0 radical (unpaired) electrons. The molecule has 2 aliphatic carbocycles. The molecule has 6 N–H and O–H groups in total. The zero-order valence-electron chi connectivity index (χ0n) is 36.1. The van der Waals surface area contributed by atoms with Crippen molar-refractivity contribution in [3.8, 4) is 0 Å². The second-order valence-electron chi connectivity index (χ2n) is 20.1. The maximum absolute atomic E-state index is 13.4. The minimum atomic E-state index is -0.540. The fourth-order valence-corrected chi connectivity index (χ4v) is 13.2. The van der Waals surface area contributed by atoms with E-state index in [2.05, 4.69) is 36.0 Å². The number of piperidine rings is 3. The van der Waals surface area contributed by atoms with Crippen LogP contribution in [-0.4, -0.2) is 198 Å². The van der Waals surface area contributed by atoms with Crippen molar-refractivity contribution in [2.75, 3.05) is 79.5 Å². The molecule has 17 nitrogen and oxygen atoms in total. The second-order valence-corrected chi connectivity index (χ2v) is 20.1. The summed E-state index contributed by atoms with van der Waals surface area (Å²) in [7, 11) is 3.77. The van der Waals surface area contributed by atoms with Crippen LogP contribution in [0.1, 0.15) is 89.9 Å². The molecule has 6 unspecified atom stereocenters. The Hall–Kier alpha value is -3.09. The van der Waals surface area contributed by atoms with Gasteiger partial charge in [-0.05, 0) is 127 Å². The van der Waals surface area contributed by atoms with Crippen molar-refractivity contribution in [2.24, 2.45) is 23.5 Å². The third kappa shape index (κ3) is 8.64. The average Bonchev–Trinajstić information content (AvgIpc) is 3.93. The fraction of sp³-hybridized carbons (Fsp3) is 0.884. The first-order valence-corrected chi connectivity index (χ1v) is 23.7. The van der Waals surface area contributed by atoms with E-state index in [1.165, 1.54) is 51.7 Å². The highest BCUT2D eigenvalue weighted by atomic mass is 16.2. The number of carbonyl (C=O) groups excluding carboxylic acids is 5. The van der Waals surface area contributed by atoms with Gasteiger partial charge in [0.2, 0.25) is 17.7 Å². The van der Waals surface area contributed by atoms with Crippen molar-refractivity contribution >= 4 is 29.8 Å². The quantitative estimate of drug-likeness (QED) is 0.189.